The molecular weight excluding hydrogens is 394 g/mol. The summed E-state index contributed by atoms with van der Waals surface area (Å²) >= 11 is 3.49. The standard InChI is InChI=1S/C20H24BrN3O2/c1-14-13-17(5-8-19(14)21)22-15(2)20(25)23-16-3-6-18(7-4-16)24-9-11-26-12-10-24/h3-8,13,15,22H,9-12H2,1-2H3,(H,23,25)/t15-/m0/s1. The van der Waals surface area contributed by atoms with Crippen molar-refractivity contribution >= 4 is 38.9 Å². The molecule has 0 radical (unpaired) electrons. The molecule has 5 nitrogen and oxygen atoms in total. The van der Waals surface area contributed by atoms with Crippen molar-refractivity contribution in [1.82, 2.24) is 0 Å². The Morgan fingerprint density at radius 1 is 1.12 bits per heavy atom. The molecule has 2 N–H and O–H groups in total. The van der Waals surface area contributed by atoms with Crippen LogP contribution in [-0.4, -0.2) is 38.3 Å². The van der Waals surface area contributed by atoms with E-state index in [0.717, 1.165) is 53.4 Å². The molecule has 1 aliphatic heterocycles. The van der Waals surface area contributed by atoms with Crippen molar-refractivity contribution in [3.05, 3.63) is 52.5 Å². The van der Waals surface area contributed by atoms with Gasteiger partial charge in [-0.3, -0.25) is 4.79 Å². The van der Waals surface area contributed by atoms with E-state index >= 15 is 0 Å². The summed E-state index contributed by atoms with van der Waals surface area (Å²) in [6.07, 6.45) is 0. The average molecular weight is 418 g/mol. The van der Waals surface area contributed by atoms with E-state index < -0.39 is 0 Å². The fourth-order valence-corrected chi connectivity index (χ4v) is 3.12. The maximum Gasteiger partial charge on any atom is 0.246 e. The Morgan fingerprint density at radius 3 is 2.42 bits per heavy atom. The molecule has 1 atom stereocenters. The van der Waals surface area contributed by atoms with E-state index in [2.05, 4.69) is 31.5 Å². The van der Waals surface area contributed by atoms with Crippen LogP contribution in [0.4, 0.5) is 17.1 Å². The maximum atomic E-state index is 12.4. The second-order valence-electron chi connectivity index (χ2n) is 6.47. The second kappa shape index (κ2) is 8.56. The molecule has 0 aliphatic carbocycles. The van der Waals surface area contributed by atoms with Crippen LogP contribution < -0.4 is 15.5 Å². The van der Waals surface area contributed by atoms with Gasteiger partial charge in [-0.15, -0.1) is 0 Å². The fraction of sp³-hybridized carbons (Fsp3) is 0.350. The zero-order chi connectivity index (χ0) is 18.5. The first kappa shape index (κ1) is 18.7. The molecule has 6 heteroatoms. The van der Waals surface area contributed by atoms with Gasteiger partial charge in [0.1, 0.15) is 6.04 Å². The summed E-state index contributed by atoms with van der Waals surface area (Å²) in [5.41, 5.74) is 4.01. The van der Waals surface area contributed by atoms with Crippen LogP contribution in [0, 0.1) is 6.92 Å². The van der Waals surface area contributed by atoms with Crippen molar-refractivity contribution in [2.45, 2.75) is 19.9 Å². The van der Waals surface area contributed by atoms with Gasteiger partial charge in [-0.2, -0.15) is 0 Å². The number of hydrogen-bond donors (Lipinski definition) is 2. The highest BCUT2D eigenvalue weighted by Gasteiger charge is 2.14. The average Bonchev–Trinajstić information content (AvgIpc) is 2.66. The zero-order valence-electron chi connectivity index (χ0n) is 15.1. The molecular formula is C20H24BrN3O2. The van der Waals surface area contributed by atoms with Gasteiger partial charge in [0.05, 0.1) is 13.2 Å². The SMILES string of the molecule is Cc1cc(N[C@@H](C)C(=O)Nc2ccc(N3CCOCC3)cc2)ccc1Br. The van der Waals surface area contributed by atoms with Gasteiger partial charge in [0.25, 0.3) is 0 Å². The molecule has 1 saturated heterocycles. The summed E-state index contributed by atoms with van der Waals surface area (Å²) < 4.78 is 6.43. The third-order valence-corrected chi connectivity index (χ3v) is 5.34. The molecule has 0 unspecified atom stereocenters. The topological polar surface area (TPSA) is 53.6 Å². The highest BCUT2D eigenvalue weighted by Crippen LogP contribution is 2.21. The monoisotopic (exact) mass is 417 g/mol. The smallest absolute Gasteiger partial charge is 0.246 e. The Balaban J connectivity index is 1.57. The van der Waals surface area contributed by atoms with E-state index in [1.807, 2.05) is 56.3 Å². The highest BCUT2D eigenvalue weighted by atomic mass is 79.9. The minimum atomic E-state index is -0.338. The molecule has 0 spiro atoms. The van der Waals surface area contributed by atoms with Gasteiger partial charge in [0.2, 0.25) is 5.91 Å². The number of carbonyl (C=O) groups excluding carboxylic acids is 1. The van der Waals surface area contributed by atoms with Gasteiger partial charge >= 0.3 is 0 Å². The predicted molar refractivity (Wildman–Crippen MR) is 110 cm³/mol. The van der Waals surface area contributed by atoms with Crippen molar-refractivity contribution < 1.29 is 9.53 Å². The number of nitrogens with one attached hydrogen (secondary N) is 2. The molecule has 0 bridgehead atoms. The van der Waals surface area contributed by atoms with Crippen LogP contribution in [0.3, 0.4) is 0 Å². The number of aryl methyl sites for hydroxylation is 1. The Labute approximate surface area is 162 Å². The summed E-state index contributed by atoms with van der Waals surface area (Å²) in [6, 6.07) is 13.6. The van der Waals surface area contributed by atoms with Gasteiger partial charge in [-0.05, 0) is 61.9 Å². The number of benzene rings is 2. The summed E-state index contributed by atoms with van der Waals surface area (Å²) in [4.78, 5) is 14.7. The van der Waals surface area contributed by atoms with Gasteiger partial charge in [-0.25, -0.2) is 0 Å². The van der Waals surface area contributed by atoms with E-state index in [1.165, 1.54) is 0 Å². The minimum absolute atomic E-state index is 0.0651. The maximum absolute atomic E-state index is 12.4. The van der Waals surface area contributed by atoms with Crippen LogP contribution in [-0.2, 0) is 9.53 Å². The first-order valence-electron chi connectivity index (χ1n) is 8.79. The van der Waals surface area contributed by atoms with Crippen LogP contribution in [0.2, 0.25) is 0 Å². The van der Waals surface area contributed by atoms with Crippen LogP contribution in [0.5, 0.6) is 0 Å². The van der Waals surface area contributed by atoms with Crippen LogP contribution in [0.25, 0.3) is 0 Å². The quantitative estimate of drug-likeness (QED) is 0.770. The number of halogens is 1. The Hall–Kier alpha value is -2.05. The van der Waals surface area contributed by atoms with Crippen molar-refractivity contribution in [3.8, 4) is 0 Å². The Morgan fingerprint density at radius 2 is 1.77 bits per heavy atom. The van der Waals surface area contributed by atoms with Crippen molar-refractivity contribution in [2.75, 3.05) is 41.8 Å². The lowest BCUT2D eigenvalue weighted by Gasteiger charge is -2.29. The lowest BCUT2D eigenvalue weighted by Crippen LogP contribution is -2.36. The van der Waals surface area contributed by atoms with Gasteiger partial charge in [0, 0.05) is 34.6 Å². The largest absolute Gasteiger partial charge is 0.378 e. The highest BCUT2D eigenvalue weighted by molar-refractivity contribution is 9.10. The lowest BCUT2D eigenvalue weighted by atomic mass is 10.2. The number of rotatable bonds is 5. The molecule has 0 aromatic heterocycles. The molecule has 1 fully saturated rings. The van der Waals surface area contributed by atoms with Crippen LogP contribution in [0.1, 0.15) is 12.5 Å². The number of anilines is 3. The molecule has 2 aromatic rings. The summed E-state index contributed by atoms with van der Waals surface area (Å²) in [5, 5.41) is 6.20. The third kappa shape index (κ3) is 4.77. The first-order chi connectivity index (χ1) is 12.5. The molecule has 138 valence electrons. The van der Waals surface area contributed by atoms with E-state index in [1.54, 1.807) is 0 Å². The van der Waals surface area contributed by atoms with Crippen LogP contribution >= 0.6 is 15.9 Å². The number of nitrogens with zero attached hydrogens (tertiary/aromatic N) is 1. The van der Waals surface area contributed by atoms with Crippen LogP contribution in [0.15, 0.2) is 46.9 Å². The molecule has 3 rings (SSSR count). The van der Waals surface area contributed by atoms with Gasteiger partial charge in [0.15, 0.2) is 0 Å². The number of carbonyl (C=O) groups is 1. The normalized spacial score (nSPS) is 15.4. The molecule has 1 heterocycles. The van der Waals surface area contributed by atoms with Crippen molar-refractivity contribution in [3.63, 3.8) is 0 Å². The molecule has 2 aromatic carbocycles. The fourth-order valence-electron chi connectivity index (χ4n) is 2.88. The number of hydrogen-bond acceptors (Lipinski definition) is 4. The first-order valence-corrected chi connectivity index (χ1v) is 9.58. The Kier molecular flexibility index (Phi) is 6.16. The van der Waals surface area contributed by atoms with E-state index in [4.69, 9.17) is 4.74 Å². The van der Waals surface area contributed by atoms with Gasteiger partial charge < -0.3 is 20.3 Å². The predicted octanol–water partition coefficient (Wildman–Crippen LogP) is 4.03. The molecule has 26 heavy (non-hydrogen) atoms. The van der Waals surface area contributed by atoms with Crippen molar-refractivity contribution in [1.29, 1.82) is 0 Å². The van der Waals surface area contributed by atoms with E-state index in [0.29, 0.717) is 0 Å². The summed E-state index contributed by atoms with van der Waals surface area (Å²) in [7, 11) is 0. The lowest BCUT2D eigenvalue weighted by molar-refractivity contribution is -0.116. The molecule has 0 saturated carbocycles. The zero-order valence-corrected chi connectivity index (χ0v) is 16.7. The number of amides is 1. The van der Waals surface area contributed by atoms with E-state index in [9.17, 15) is 4.79 Å². The van der Waals surface area contributed by atoms with E-state index in [-0.39, 0.29) is 11.9 Å². The molecule has 1 amide bonds. The summed E-state index contributed by atoms with van der Waals surface area (Å²) in [5.74, 6) is -0.0651. The van der Waals surface area contributed by atoms with Gasteiger partial charge in [-0.1, -0.05) is 15.9 Å². The Bertz CT molecular complexity index is 758. The summed E-state index contributed by atoms with van der Waals surface area (Å²) in [6.45, 7) is 7.21. The third-order valence-electron chi connectivity index (χ3n) is 4.45. The minimum Gasteiger partial charge on any atom is -0.378 e. The second-order valence-corrected chi connectivity index (χ2v) is 7.32. The van der Waals surface area contributed by atoms with Crippen molar-refractivity contribution in [2.24, 2.45) is 0 Å². The number of morpholine rings is 1. The number of ether oxygens (including phenoxy) is 1. The molecule has 1 aliphatic rings.